The van der Waals surface area contributed by atoms with Gasteiger partial charge in [0.2, 0.25) is 0 Å². The first-order chi connectivity index (χ1) is 8.24. The van der Waals surface area contributed by atoms with Gasteiger partial charge < -0.3 is 10.1 Å². The van der Waals surface area contributed by atoms with Crippen molar-refractivity contribution < 1.29 is 4.74 Å². The first-order valence-corrected chi connectivity index (χ1v) is 7.26. The van der Waals surface area contributed by atoms with E-state index in [9.17, 15) is 0 Å². The molecule has 2 aliphatic rings. The molecule has 1 aliphatic carbocycles. The van der Waals surface area contributed by atoms with Crippen LogP contribution in [0.15, 0.2) is 0 Å². The molecule has 1 aliphatic heterocycles. The van der Waals surface area contributed by atoms with Crippen molar-refractivity contribution in [3.63, 3.8) is 0 Å². The summed E-state index contributed by atoms with van der Waals surface area (Å²) in [6, 6.07) is 2.12. The van der Waals surface area contributed by atoms with Gasteiger partial charge in [0.1, 0.15) is 0 Å². The van der Waals surface area contributed by atoms with Gasteiger partial charge >= 0.3 is 0 Å². The SMILES string of the molecule is CCC1CNC(C)CN1C1CCCC(OC)C1. The number of piperazine rings is 1. The zero-order valence-corrected chi connectivity index (χ0v) is 11.6. The molecule has 1 saturated carbocycles. The van der Waals surface area contributed by atoms with Crippen molar-refractivity contribution in [3.8, 4) is 0 Å². The van der Waals surface area contributed by atoms with Crippen LogP contribution in [0.2, 0.25) is 0 Å². The summed E-state index contributed by atoms with van der Waals surface area (Å²) in [6.45, 7) is 6.98. The third kappa shape index (κ3) is 3.21. The van der Waals surface area contributed by atoms with Crippen LogP contribution in [-0.2, 0) is 4.74 Å². The van der Waals surface area contributed by atoms with E-state index in [1.807, 2.05) is 7.11 Å². The number of hydrogen-bond donors (Lipinski definition) is 1. The molecule has 0 amide bonds. The van der Waals surface area contributed by atoms with E-state index in [2.05, 4.69) is 24.1 Å². The van der Waals surface area contributed by atoms with Crippen molar-refractivity contribution in [1.82, 2.24) is 10.2 Å². The van der Waals surface area contributed by atoms with Gasteiger partial charge in [-0.25, -0.2) is 0 Å². The van der Waals surface area contributed by atoms with Gasteiger partial charge in [-0.2, -0.15) is 0 Å². The highest BCUT2D eigenvalue weighted by Crippen LogP contribution is 2.28. The number of methoxy groups -OCH3 is 1. The number of rotatable bonds is 3. The summed E-state index contributed by atoms with van der Waals surface area (Å²) < 4.78 is 5.57. The summed E-state index contributed by atoms with van der Waals surface area (Å²) in [5.41, 5.74) is 0. The Hall–Kier alpha value is -0.120. The van der Waals surface area contributed by atoms with Crippen molar-refractivity contribution in [2.45, 2.75) is 70.2 Å². The highest BCUT2D eigenvalue weighted by molar-refractivity contribution is 4.90. The first kappa shape index (κ1) is 13.3. The molecule has 0 aromatic carbocycles. The standard InChI is InChI=1S/C14H28N2O/c1-4-12-9-15-11(2)10-16(12)13-6-5-7-14(8-13)17-3/h11-15H,4-10H2,1-3H3. The molecule has 1 heterocycles. The van der Waals surface area contributed by atoms with E-state index in [1.165, 1.54) is 38.6 Å². The van der Waals surface area contributed by atoms with Gasteiger partial charge in [0.05, 0.1) is 6.10 Å². The Kier molecular flexibility index (Phi) is 4.83. The zero-order valence-electron chi connectivity index (χ0n) is 11.6. The molecule has 2 fully saturated rings. The normalized spacial score (nSPS) is 40.4. The highest BCUT2D eigenvalue weighted by atomic mass is 16.5. The Balaban J connectivity index is 1.97. The molecule has 1 saturated heterocycles. The number of hydrogen-bond acceptors (Lipinski definition) is 3. The van der Waals surface area contributed by atoms with Gasteiger partial charge in [0.15, 0.2) is 0 Å². The van der Waals surface area contributed by atoms with Crippen molar-refractivity contribution in [2.75, 3.05) is 20.2 Å². The molecule has 4 unspecified atom stereocenters. The molecule has 3 nitrogen and oxygen atoms in total. The summed E-state index contributed by atoms with van der Waals surface area (Å²) >= 11 is 0. The molecule has 100 valence electrons. The Morgan fingerprint density at radius 2 is 2.18 bits per heavy atom. The molecule has 0 bridgehead atoms. The monoisotopic (exact) mass is 240 g/mol. The molecule has 0 aromatic heterocycles. The maximum atomic E-state index is 5.57. The van der Waals surface area contributed by atoms with Gasteiger partial charge in [0, 0.05) is 38.3 Å². The van der Waals surface area contributed by atoms with Crippen molar-refractivity contribution in [1.29, 1.82) is 0 Å². The average molecular weight is 240 g/mol. The zero-order chi connectivity index (χ0) is 12.3. The van der Waals surface area contributed by atoms with E-state index in [-0.39, 0.29) is 0 Å². The van der Waals surface area contributed by atoms with Crippen LogP contribution in [0.5, 0.6) is 0 Å². The molecular formula is C14H28N2O. The third-order valence-electron chi connectivity index (χ3n) is 4.53. The molecule has 0 aromatic rings. The fourth-order valence-corrected chi connectivity index (χ4v) is 3.45. The molecule has 2 rings (SSSR count). The van der Waals surface area contributed by atoms with E-state index >= 15 is 0 Å². The summed E-state index contributed by atoms with van der Waals surface area (Å²) in [5.74, 6) is 0. The topological polar surface area (TPSA) is 24.5 Å². The maximum absolute atomic E-state index is 5.57. The second-order valence-electron chi connectivity index (χ2n) is 5.75. The van der Waals surface area contributed by atoms with Crippen LogP contribution < -0.4 is 5.32 Å². The molecule has 3 heteroatoms. The van der Waals surface area contributed by atoms with Crippen molar-refractivity contribution in [3.05, 3.63) is 0 Å². The van der Waals surface area contributed by atoms with E-state index in [4.69, 9.17) is 4.74 Å². The smallest absolute Gasteiger partial charge is 0.0586 e. The Labute approximate surface area is 106 Å². The van der Waals surface area contributed by atoms with Gasteiger partial charge in [0.25, 0.3) is 0 Å². The molecule has 17 heavy (non-hydrogen) atoms. The number of nitrogens with one attached hydrogen (secondary N) is 1. The van der Waals surface area contributed by atoms with Gasteiger partial charge in [-0.3, -0.25) is 4.90 Å². The summed E-state index contributed by atoms with van der Waals surface area (Å²) in [6.07, 6.45) is 6.94. The predicted octanol–water partition coefficient (Wildman–Crippen LogP) is 2.02. The van der Waals surface area contributed by atoms with Crippen LogP contribution in [0.1, 0.15) is 46.0 Å². The van der Waals surface area contributed by atoms with E-state index in [0.29, 0.717) is 12.1 Å². The largest absolute Gasteiger partial charge is 0.381 e. The fraction of sp³-hybridized carbons (Fsp3) is 1.00. The van der Waals surface area contributed by atoms with Crippen LogP contribution in [0, 0.1) is 0 Å². The van der Waals surface area contributed by atoms with E-state index in [0.717, 1.165) is 18.6 Å². The van der Waals surface area contributed by atoms with Crippen LogP contribution in [-0.4, -0.2) is 49.3 Å². The maximum Gasteiger partial charge on any atom is 0.0586 e. The Bertz CT molecular complexity index is 234. The van der Waals surface area contributed by atoms with E-state index < -0.39 is 0 Å². The minimum Gasteiger partial charge on any atom is -0.381 e. The fourth-order valence-electron chi connectivity index (χ4n) is 3.45. The third-order valence-corrected chi connectivity index (χ3v) is 4.53. The lowest BCUT2D eigenvalue weighted by atomic mass is 9.89. The Morgan fingerprint density at radius 1 is 1.35 bits per heavy atom. The van der Waals surface area contributed by atoms with E-state index in [1.54, 1.807) is 0 Å². The van der Waals surface area contributed by atoms with Crippen molar-refractivity contribution in [2.24, 2.45) is 0 Å². The molecule has 4 atom stereocenters. The summed E-state index contributed by atoms with van der Waals surface area (Å²) in [7, 11) is 1.87. The Morgan fingerprint density at radius 3 is 2.88 bits per heavy atom. The van der Waals surface area contributed by atoms with Crippen LogP contribution in [0.25, 0.3) is 0 Å². The van der Waals surface area contributed by atoms with Crippen LogP contribution in [0.4, 0.5) is 0 Å². The number of ether oxygens (including phenoxy) is 1. The molecular weight excluding hydrogens is 212 g/mol. The summed E-state index contributed by atoms with van der Waals surface area (Å²) in [4.78, 5) is 2.76. The quantitative estimate of drug-likeness (QED) is 0.817. The minimum absolute atomic E-state index is 0.497. The predicted molar refractivity (Wildman–Crippen MR) is 71.3 cm³/mol. The molecule has 1 N–H and O–H groups in total. The minimum atomic E-state index is 0.497. The summed E-state index contributed by atoms with van der Waals surface area (Å²) in [5, 5.41) is 3.60. The molecule has 0 spiro atoms. The van der Waals surface area contributed by atoms with Crippen molar-refractivity contribution >= 4 is 0 Å². The molecule has 0 radical (unpaired) electrons. The second kappa shape index (κ2) is 6.17. The highest BCUT2D eigenvalue weighted by Gasteiger charge is 2.33. The van der Waals surface area contributed by atoms with Gasteiger partial charge in [-0.15, -0.1) is 0 Å². The lowest BCUT2D eigenvalue weighted by molar-refractivity contribution is 0.000639. The second-order valence-corrected chi connectivity index (χ2v) is 5.75. The average Bonchev–Trinajstić information content (AvgIpc) is 2.39. The first-order valence-electron chi connectivity index (χ1n) is 7.26. The van der Waals surface area contributed by atoms with Gasteiger partial charge in [-0.05, 0) is 39.0 Å². The van der Waals surface area contributed by atoms with Crippen LogP contribution >= 0.6 is 0 Å². The lowest BCUT2D eigenvalue weighted by Crippen LogP contribution is -2.59. The number of nitrogens with zero attached hydrogens (tertiary/aromatic N) is 1. The van der Waals surface area contributed by atoms with Crippen LogP contribution in [0.3, 0.4) is 0 Å². The lowest BCUT2D eigenvalue weighted by Gasteiger charge is -2.46. The van der Waals surface area contributed by atoms with Gasteiger partial charge in [-0.1, -0.05) is 6.92 Å².